The molecule has 1 saturated heterocycles. The van der Waals surface area contributed by atoms with Gasteiger partial charge in [-0.25, -0.2) is 0 Å². The van der Waals surface area contributed by atoms with Crippen molar-refractivity contribution in [1.29, 1.82) is 0 Å². The number of halogens is 2. The highest BCUT2D eigenvalue weighted by Gasteiger charge is 2.24. The number of benzene rings is 3. The van der Waals surface area contributed by atoms with E-state index >= 15 is 0 Å². The van der Waals surface area contributed by atoms with E-state index in [0.717, 1.165) is 53.2 Å². The molecular weight excluding hydrogens is 635 g/mol. The summed E-state index contributed by atoms with van der Waals surface area (Å²) in [5.41, 5.74) is 1.58. The fraction of sp³-hybridized carbons (Fsp3) is 0.276. The van der Waals surface area contributed by atoms with E-state index in [2.05, 4.69) is 26.9 Å². The average molecular weight is 663 g/mol. The molecule has 38 heavy (non-hydrogen) atoms. The van der Waals surface area contributed by atoms with Crippen molar-refractivity contribution >= 4 is 55.7 Å². The Morgan fingerprint density at radius 1 is 1.11 bits per heavy atom. The van der Waals surface area contributed by atoms with Crippen molar-refractivity contribution in [1.82, 2.24) is 4.90 Å². The van der Waals surface area contributed by atoms with Gasteiger partial charge in [-0.2, -0.15) is 0 Å². The smallest absolute Gasteiger partial charge is 0.207 e. The molecule has 1 aliphatic rings. The van der Waals surface area contributed by atoms with Gasteiger partial charge in [0.1, 0.15) is 35.2 Å². The van der Waals surface area contributed by atoms with Crippen LogP contribution in [0.15, 0.2) is 66.7 Å². The number of likely N-dealkylation sites (tertiary alicyclic amines) is 1. The normalized spacial score (nSPS) is 15.9. The maximum atomic E-state index is 13.6. The molecule has 5 rings (SSSR count). The van der Waals surface area contributed by atoms with E-state index in [1.54, 1.807) is 0 Å². The van der Waals surface area contributed by atoms with Gasteiger partial charge >= 0.3 is 0 Å². The largest absolute Gasteiger partial charge is 0.492 e. The Kier molecular flexibility index (Phi) is 9.15. The van der Waals surface area contributed by atoms with Gasteiger partial charge in [0, 0.05) is 34.7 Å². The monoisotopic (exact) mass is 663 g/mol. The molecule has 1 aliphatic heterocycles. The molecule has 2 heterocycles. The predicted molar refractivity (Wildman–Crippen MR) is 162 cm³/mol. The van der Waals surface area contributed by atoms with Crippen molar-refractivity contribution in [2.45, 2.75) is 13.3 Å². The van der Waals surface area contributed by atoms with Crippen LogP contribution in [-0.2, 0) is 0 Å². The number of hydrogen-bond donors (Lipinski definition) is 0. The van der Waals surface area contributed by atoms with Crippen molar-refractivity contribution in [2.75, 3.05) is 32.9 Å². The number of ether oxygens (including phenoxy) is 2. The summed E-state index contributed by atoms with van der Waals surface area (Å²) < 4.78 is 31.7. The topological polar surface area (TPSA) is 48.0 Å². The Morgan fingerprint density at radius 3 is 2.61 bits per heavy atom. The second-order valence-corrected chi connectivity index (χ2v) is 12.0. The van der Waals surface area contributed by atoms with Crippen LogP contribution in [0.2, 0.25) is 0 Å². The van der Waals surface area contributed by atoms with Gasteiger partial charge in [0.25, 0.3) is 0 Å². The summed E-state index contributed by atoms with van der Waals surface area (Å²) in [6.45, 7) is 5.06. The third-order valence-corrected chi connectivity index (χ3v) is 8.78. The fourth-order valence-corrected chi connectivity index (χ4v) is 6.71. The number of carbonyl (C=O) groups is 1. The number of nitrogens with zero attached hydrogens (tertiary/aromatic N) is 1. The van der Waals surface area contributed by atoms with Crippen LogP contribution in [0.4, 0.5) is 4.39 Å². The Morgan fingerprint density at radius 2 is 1.87 bits per heavy atom. The molecule has 1 unspecified atom stereocenters. The number of ketones is 1. The highest BCUT2D eigenvalue weighted by molar-refractivity contribution is 14.2. The van der Waals surface area contributed by atoms with Crippen molar-refractivity contribution in [3.8, 4) is 23.0 Å². The van der Waals surface area contributed by atoms with Crippen LogP contribution in [0.1, 0.15) is 27.2 Å². The second-order valence-electron chi connectivity index (χ2n) is 9.27. The SMILES string of the molecule is Cc1ccccc1C(=O)c1sc2cc(OPI)ccc2c1Oc1ccc(OCCN2CC[C@@H](CF)C2)cc1. The number of hydrogen-bond acceptors (Lipinski definition) is 6. The molecule has 9 heteroatoms. The van der Waals surface area contributed by atoms with Crippen molar-refractivity contribution in [2.24, 2.45) is 5.92 Å². The molecule has 1 fully saturated rings. The molecule has 5 nitrogen and oxygen atoms in total. The first kappa shape index (κ1) is 27.3. The minimum Gasteiger partial charge on any atom is -0.492 e. The fourth-order valence-electron chi connectivity index (χ4n) is 4.62. The number of fused-ring (bicyclic) bond motifs is 1. The lowest BCUT2D eigenvalue weighted by Crippen LogP contribution is -2.26. The van der Waals surface area contributed by atoms with Crippen LogP contribution in [0.3, 0.4) is 0 Å². The Hall–Kier alpha value is -2.26. The molecule has 0 amide bonds. The zero-order chi connectivity index (χ0) is 26.5. The Bertz CT molecular complexity index is 1410. The second kappa shape index (κ2) is 12.7. The first-order valence-corrected chi connectivity index (χ1v) is 17.3. The number of rotatable bonds is 11. The van der Waals surface area contributed by atoms with Crippen molar-refractivity contribution in [3.05, 3.63) is 82.7 Å². The van der Waals surface area contributed by atoms with Crippen molar-refractivity contribution < 1.29 is 23.2 Å². The van der Waals surface area contributed by atoms with Crippen LogP contribution in [0, 0.1) is 12.8 Å². The molecule has 2 atom stereocenters. The lowest BCUT2D eigenvalue weighted by Gasteiger charge is -2.16. The summed E-state index contributed by atoms with van der Waals surface area (Å²) >= 11 is 3.61. The van der Waals surface area contributed by atoms with Gasteiger partial charge in [-0.15, -0.1) is 11.3 Å². The van der Waals surface area contributed by atoms with E-state index < -0.39 is 0 Å². The average Bonchev–Trinajstić information content (AvgIpc) is 3.54. The maximum absolute atomic E-state index is 13.6. The third-order valence-electron chi connectivity index (χ3n) is 6.68. The quantitative estimate of drug-likeness (QED) is 0.0920. The minimum atomic E-state index is -0.246. The van der Waals surface area contributed by atoms with E-state index in [4.69, 9.17) is 14.0 Å². The zero-order valence-corrected chi connectivity index (χ0v) is 24.9. The van der Waals surface area contributed by atoms with Gasteiger partial charge in [-0.05, 0) is 90.0 Å². The highest BCUT2D eigenvalue weighted by Crippen LogP contribution is 2.44. The summed E-state index contributed by atoms with van der Waals surface area (Å²) in [5, 5.41) is 0.869. The number of alkyl halides is 1. The molecule has 198 valence electrons. The zero-order valence-electron chi connectivity index (χ0n) is 20.9. The Labute approximate surface area is 240 Å². The third kappa shape index (κ3) is 6.30. The molecule has 1 aromatic heterocycles. The van der Waals surface area contributed by atoms with Gasteiger partial charge < -0.3 is 14.0 Å². The summed E-state index contributed by atoms with van der Waals surface area (Å²) in [4.78, 5) is 16.4. The van der Waals surface area contributed by atoms with E-state index in [0.29, 0.717) is 35.0 Å². The van der Waals surface area contributed by atoms with Gasteiger partial charge in [0.15, 0.2) is 5.75 Å². The van der Waals surface area contributed by atoms with E-state index in [1.165, 1.54) is 11.3 Å². The molecule has 4 aromatic rings. The molecule has 0 aliphatic carbocycles. The Balaban J connectivity index is 1.35. The lowest BCUT2D eigenvalue weighted by atomic mass is 10.0. The first-order chi connectivity index (χ1) is 18.6. The first-order valence-electron chi connectivity index (χ1n) is 12.4. The van der Waals surface area contributed by atoms with Crippen LogP contribution >= 0.6 is 39.8 Å². The van der Waals surface area contributed by atoms with Crippen LogP contribution in [0.25, 0.3) is 10.1 Å². The minimum absolute atomic E-state index is 0.0607. The maximum Gasteiger partial charge on any atom is 0.207 e. The highest BCUT2D eigenvalue weighted by atomic mass is 127. The lowest BCUT2D eigenvalue weighted by molar-refractivity contribution is 0.104. The summed E-state index contributed by atoms with van der Waals surface area (Å²) in [5.74, 6) is 2.78. The summed E-state index contributed by atoms with van der Waals surface area (Å²) in [6.07, 6.45) is 0.918. The van der Waals surface area contributed by atoms with Gasteiger partial charge in [-0.1, -0.05) is 24.3 Å². The van der Waals surface area contributed by atoms with Gasteiger partial charge in [-0.3, -0.25) is 14.1 Å². The van der Waals surface area contributed by atoms with E-state index in [-0.39, 0.29) is 18.4 Å². The number of carbonyl (C=O) groups excluding carboxylic acids is 1. The van der Waals surface area contributed by atoms with Crippen LogP contribution in [0.5, 0.6) is 23.0 Å². The predicted octanol–water partition coefficient (Wildman–Crippen LogP) is 8.23. The molecule has 0 bridgehead atoms. The molecule has 0 spiro atoms. The van der Waals surface area contributed by atoms with Crippen LogP contribution < -0.4 is 14.0 Å². The number of thiophene rings is 1. The standard InChI is InChI=1S/C29H28FINO4PS/c1-19-4-2-3-5-24(19)27(33)29-28(25-11-10-23(36-37-31)16-26(25)38-29)35-22-8-6-21(7-9-22)34-15-14-32-13-12-20(17-30)18-32/h2-11,16,20,37H,12-15,17-18H2,1H3/t20-/m0/s1. The number of aryl methyl sites for hydroxylation is 1. The molecule has 0 saturated carbocycles. The van der Waals surface area contributed by atoms with E-state index in [1.807, 2.05) is 73.7 Å². The van der Waals surface area contributed by atoms with Crippen molar-refractivity contribution in [3.63, 3.8) is 0 Å². The van der Waals surface area contributed by atoms with E-state index in [9.17, 15) is 9.18 Å². The van der Waals surface area contributed by atoms with Gasteiger partial charge in [0.05, 0.1) is 6.67 Å². The van der Waals surface area contributed by atoms with Gasteiger partial charge in [0.2, 0.25) is 5.78 Å². The molecule has 3 aromatic carbocycles. The molecule has 0 radical (unpaired) electrons. The summed E-state index contributed by atoms with van der Waals surface area (Å²) in [6, 6.07) is 20.9. The summed E-state index contributed by atoms with van der Waals surface area (Å²) in [7, 11) is 0. The molecule has 0 N–H and O–H groups in total. The molecular formula is C29H28FINO4PS. The van der Waals surface area contributed by atoms with Crippen LogP contribution in [-0.4, -0.2) is 43.6 Å².